The summed E-state index contributed by atoms with van der Waals surface area (Å²) in [6.07, 6.45) is 10.6. The molecule has 0 aliphatic heterocycles. The summed E-state index contributed by atoms with van der Waals surface area (Å²) in [5.41, 5.74) is 4.54. The van der Waals surface area contributed by atoms with Crippen molar-refractivity contribution in [1.82, 2.24) is 5.16 Å². The van der Waals surface area contributed by atoms with E-state index in [0.717, 1.165) is 36.3 Å². The van der Waals surface area contributed by atoms with E-state index >= 15 is 0 Å². The van der Waals surface area contributed by atoms with E-state index in [1.807, 2.05) is 12.1 Å². The van der Waals surface area contributed by atoms with Crippen molar-refractivity contribution >= 4 is 27.6 Å². The normalized spacial score (nSPS) is 12.9. The number of ether oxygens (including phenoxy) is 2. The molecule has 3 rings (SSSR count). The van der Waals surface area contributed by atoms with Crippen molar-refractivity contribution in [2.75, 3.05) is 12.4 Å². The number of hydrogen-bond acceptors (Lipinski definition) is 9. The van der Waals surface area contributed by atoms with Crippen molar-refractivity contribution < 1.29 is 32.2 Å². The smallest absolute Gasteiger partial charge is 0.414 e. The fourth-order valence-electron chi connectivity index (χ4n) is 4.24. The number of hydrogen-bond donors (Lipinski definition) is 0. The van der Waals surface area contributed by atoms with Gasteiger partial charge in [0.1, 0.15) is 6.10 Å². The highest BCUT2D eigenvalue weighted by atomic mass is 32.2. The van der Waals surface area contributed by atoms with Crippen LogP contribution in [0.15, 0.2) is 109 Å². The first-order valence-electron chi connectivity index (χ1n) is 14.9. The predicted octanol–water partition coefficient (Wildman–Crippen LogP) is 7.67. The van der Waals surface area contributed by atoms with Gasteiger partial charge >= 0.3 is 16.9 Å². The van der Waals surface area contributed by atoms with Crippen LogP contribution in [0.5, 0.6) is 5.88 Å². The molecule has 0 aliphatic rings. The van der Waals surface area contributed by atoms with Crippen LogP contribution >= 0.6 is 11.8 Å². The van der Waals surface area contributed by atoms with Crippen LogP contribution in [0.2, 0.25) is 0 Å². The van der Waals surface area contributed by atoms with E-state index in [2.05, 4.69) is 55.7 Å². The van der Waals surface area contributed by atoms with Crippen LogP contribution in [0.3, 0.4) is 0 Å². The van der Waals surface area contributed by atoms with Gasteiger partial charge in [-0.3, -0.25) is 4.63 Å². The summed E-state index contributed by atoms with van der Waals surface area (Å²) >= 11 is 1.57. The first-order chi connectivity index (χ1) is 21.5. The van der Waals surface area contributed by atoms with Crippen LogP contribution in [0.25, 0.3) is 0 Å². The molecule has 0 saturated heterocycles. The molecule has 0 amide bonds. The molecule has 242 valence electrons. The number of carbonyl (C=O) groups excluding carboxylic acids is 1. The maximum Gasteiger partial charge on any atom is 0.414 e. The molecule has 0 radical (unpaired) electrons. The number of benzene rings is 2. The maximum atomic E-state index is 13.0. The summed E-state index contributed by atoms with van der Waals surface area (Å²) < 4.78 is 41.5. The first kappa shape index (κ1) is 35.6. The minimum absolute atomic E-state index is 0.0665. The van der Waals surface area contributed by atoms with Crippen LogP contribution in [0.4, 0.5) is 0 Å². The van der Waals surface area contributed by atoms with Gasteiger partial charge in [-0.25, -0.2) is 13.2 Å². The van der Waals surface area contributed by atoms with Crippen molar-refractivity contribution in [1.29, 1.82) is 0 Å². The van der Waals surface area contributed by atoms with E-state index in [1.165, 1.54) is 41.0 Å². The molecule has 0 aliphatic carbocycles. The third-order valence-corrected chi connectivity index (χ3v) is 9.55. The molecule has 1 heterocycles. The molecule has 0 saturated carbocycles. The summed E-state index contributed by atoms with van der Waals surface area (Å²) in [5, 5.41) is 14.8. The number of aromatic nitrogens is 2. The molecule has 0 fully saturated rings. The predicted molar refractivity (Wildman–Crippen MR) is 175 cm³/mol. The SMILES string of the molecule is CC(C)=CCC/C(C)=C/CC/C(C)=C/CSc1ccccc1C(=O)OC(C)CCOc1no[n+]([O-])c1S(=O)(=O)c1ccccc1. The van der Waals surface area contributed by atoms with Crippen molar-refractivity contribution in [3.63, 3.8) is 0 Å². The third-order valence-electron chi connectivity index (χ3n) is 6.83. The largest absolute Gasteiger partial charge is 0.459 e. The Morgan fingerprint density at radius 1 is 0.978 bits per heavy atom. The lowest BCUT2D eigenvalue weighted by Crippen LogP contribution is -2.31. The Kier molecular flexibility index (Phi) is 13.9. The Bertz CT molecular complexity index is 1610. The molecule has 45 heavy (non-hydrogen) atoms. The minimum Gasteiger partial charge on any atom is -0.459 e. The fraction of sp³-hybridized carbons (Fsp3) is 0.382. The monoisotopic (exact) mass is 654 g/mol. The average molecular weight is 655 g/mol. The number of nitrogens with zero attached hydrogens (tertiary/aromatic N) is 2. The Hall–Kier alpha value is -3.83. The molecule has 1 unspecified atom stereocenters. The highest BCUT2D eigenvalue weighted by Crippen LogP contribution is 2.26. The zero-order valence-corrected chi connectivity index (χ0v) is 28.2. The van der Waals surface area contributed by atoms with Crippen LogP contribution in [0.1, 0.15) is 77.1 Å². The quantitative estimate of drug-likeness (QED) is 0.0624. The number of allylic oxidation sites excluding steroid dienone is 5. The second-order valence-corrected chi connectivity index (χ2v) is 13.9. The van der Waals surface area contributed by atoms with Gasteiger partial charge in [-0.15, -0.1) is 11.8 Å². The van der Waals surface area contributed by atoms with Crippen molar-refractivity contribution in [3.05, 3.63) is 100 Å². The maximum absolute atomic E-state index is 13.0. The zero-order valence-electron chi connectivity index (χ0n) is 26.5. The van der Waals surface area contributed by atoms with Gasteiger partial charge in [-0.1, -0.05) is 65.3 Å². The second kappa shape index (κ2) is 17.6. The van der Waals surface area contributed by atoms with Crippen molar-refractivity contribution in [3.8, 4) is 5.88 Å². The number of sulfone groups is 1. The van der Waals surface area contributed by atoms with Crippen LogP contribution in [-0.2, 0) is 14.6 Å². The number of rotatable bonds is 17. The molecular weight excluding hydrogens is 613 g/mol. The molecule has 0 spiro atoms. The fourth-order valence-corrected chi connectivity index (χ4v) is 6.56. The van der Waals surface area contributed by atoms with Gasteiger partial charge in [0.2, 0.25) is 0 Å². The van der Waals surface area contributed by atoms with Gasteiger partial charge < -0.3 is 14.7 Å². The Morgan fingerprint density at radius 3 is 2.33 bits per heavy atom. The summed E-state index contributed by atoms with van der Waals surface area (Å²) in [6, 6.07) is 14.8. The van der Waals surface area contributed by atoms with Crippen LogP contribution in [0, 0.1) is 5.21 Å². The minimum atomic E-state index is -4.22. The van der Waals surface area contributed by atoms with Gasteiger partial charge in [0.25, 0.3) is 9.84 Å². The molecule has 2 aromatic carbocycles. The van der Waals surface area contributed by atoms with Crippen LogP contribution < -0.4 is 9.64 Å². The third kappa shape index (κ3) is 11.2. The average Bonchev–Trinajstić information content (AvgIpc) is 3.38. The molecule has 0 N–H and O–H groups in total. The Morgan fingerprint density at radius 2 is 1.62 bits per heavy atom. The van der Waals surface area contributed by atoms with E-state index in [-0.39, 0.29) is 22.8 Å². The lowest BCUT2D eigenvalue weighted by Gasteiger charge is -2.14. The molecule has 3 aromatic rings. The molecule has 1 atom stereocenters. The number of esters is 1. The van der Waals surface area contributed by atoms with Gasteiger partial charge in [-0.05, 0) is 89.5 Å². The van der Waals surface area contributed by atoms with Gasteiger partial charge in [0.05, 0.1) is 22.2 Å². The molecular formula is C34H42N2O7S2. The Balaban J connectivity index is 1.49. The zero-order chi connectivity index (χ0) is 32.8. The molecule has 1 aromatic heterocycles. The van der Waals surface area contributed by atoms with Crippen molar-refractivity contribution in [2.45, 2.75) is 87.6 Å². The summed E-state index contributed by atoms with van der Waals surface area (Å²) in [7, 11) is -4.22. The van der Waals surface area contributed by atoms with E-state index < -0.39 is 32.8 Å². The van der Waals surface area contributed by atoms with E-state index in [1.54, 1.807) is 36.9 Å². The van der Waals surface area contributed by atoms with E-state index in [9.17, 15) is 18.4 Å². The lowest BCUT2D eigenvalue weighted by molar-refractivity contribution is -0.832. The lowest BCUT2D eigenvalue weighted by atomic mass is 10.1. The van der Waals surface area contributed by atoms with E-state index in [0.29, 0.717) is 5.56 Å². The summed E-state index contributed by atoms with van der Waals surface area (Å²) in [5.74, 6) is -0.191. The number of carbonyl (C=O) groups is 1. The summed E-state index contributed by atoms with van der Waals surface area (Å²) in [6.45, 7) is 10.2. The van der Waals surface area contributed by atoms with Crippen LogP contribution in [-0.4, -0.2) is 38.0 Å². The van der Waals surface area contributed by atoms with Crippen molar-refractivity contribution in [2.24, 2.45) is 0 Å². The van der Waals surface area contributed by atoms with E-state index in [4.69, 9.17) is 9.47 Å². The molecule has 9 nitrogen and oxygen atoms in total. The molecule has 0 bridgehead atoms. The Labute approximate surface area is 270 Å². The first-order valence-corrected chi connectivity index (χ1v) is 17.4. The second-order valence-electron chi connectivity index (χ2n) is 11.0. The number of thioether (sulfide) groups is 1. The highest BCUT2D eigenvalue weighted by molar-refractivity contribution is 7.99. The standard InChI is InChI=1S/C34H42N2O7S2/c1-25(2)13-11-14-26(3)15-12-16-27(4)22-24-44-31-20-10-9-19-30(31)34(37)42-28(5)21-23-41-32-33(36(38)43-35-32)45(39,40)29-17-7-6-8-18-29/h6-10,13,15,17-20,22,28H,11-12,14,16,21,23-24H2,1-5H3/b26-15+,27-22+. The summed E-state index contributed by atoms with van der Waals surface area (Å²) in [4.78, 5) is 13.5. The topological polar surface area (TPSA) is 123 Å². The van der Waals surface area contributed by atoms with Gasteiger partial charge in [0.15, 0.2) is 0 Å². The highest BCUT2D eigenvalue weighted by Gasteiger charge is 2.35. The molecule has 11 heteroatoms. The van der Waals surface area contributed by atoms with Gasteiger partial charge in [-0.2, -0.15) is 0 Å². The van der Waals surface area contributed by atoms with Gasteiger partial charge in [0, 0.05) is 17.1 Å².